The number of carbonyl (C=O) groups is 1. The second kappa shape index (κ2) is 7.55. The van der Waals surface area contributed by atoms with Gasteiger partial charge >= 0.3 is 0 Å². The van der Waals surface area contributed by atoms with Crippen molar-refractivity contribution in [1.29, 1.82) is 0 Å². The van der Waals surface area contributed by atoms with Crippen LogP contribution in [0.25, 0.3) is 0 Å². The fraction of sp³-hybridized carbons (Fsp3) is 0.133. The highest BCUT2D eigenvalue weighted by Crippen LogP contribution is 2.22. The lowest BCUT2D eigenvalue weighted by Gasteiger charge is -2.08. The molecule has 6 heteroatoms. The van der Waals surface area contributed by atoms with Gasteiger partial charge in [0.15, 0.2) is 0 Å². The Morgan fingerprint density at radius 3 is 2.24 bits per heavy atom. The third kappa shape index (κ3) is 5.46. The van der Waals surface area contributed by atoms with Crippen molar-refractivity contribution in [2.24, 2.45) is 0 Å². The van der Waals surface area contributed by atoms with E-state index in [0.717, 1.165) is 5.69 Å². The number of anilines is 2. The summed E-state index contributed by atoms with van der Waals surface area (Å²) in [7, 11) is 0. The topological polar surface area (TPSA) is 41.1 Å². The van der Waals surface area contributed by atoms with E-state index < -0.39 is 0 Å². The minimum absolute atomic E-state index is 0.122. The molecular weight excluding hydrogens is 331 g/mol. The third-order valence-electron chi connectivity index (χ3n) is 2.65. The molecule has 0 saturated heterocycles. The summed E-state index contributed by atoms with van der Waals surface area (Å²) in [4.78, 5) is 11.8. The van der Waals surface area contributed by atoms with Crippen LogP contribution >= 0.6 is 34.8 Å². The van der Waals surface area contributed by atoms with Crippen molar-refractivity contribution in [3.8, 4) is 0 Å². The van der Waals surface area contributed by atoms with Crippen LogP contribution in [-0.4, -0.2) is 12.5 Å². The molecule has 0 saturated carbocycles. The number of hydrogen-bond donors (Lipinski definition) is 2. The number of amides is 1. The van der Waals surface area contributed by atoms with Crippen LogP contribution in [0.15, 0.2) is 42.5 Å². The van der Waals surface area contributed by atoms with Crippen LogP contribution in [0.4, 0.5) is 11.4 Å². The summed E-state index contributed by atoms with van der Waals surface area (Å²) >= 11 is 17.6. The third-order valence-corrected chi connectivity index (χ3v) is 3.32. The first-order chi connectivity index (χ1) is 10.0. The normalized spacial score (nSPS) is 10.2. The summed E-state index contributed by atoms with van der Waals surface area (Å²) in [6.07, 6.45) is 0.316. The number of hydrogen-bond acceptors (Lipinski definition) is 2. The number of rotatable bonds is 5. The van der Waals surface area contributed by atoms with Crippen molar-refractivity contribution in [2.45, 2.75) is 6.42 Å². The molecule has 0 aromatic heterocycles. The summed E-state index contributed by atoms with van der Waals surface area (Å²) in [5, 5.41) is 7.49. The Balaban J connectivity index is 1.82. The molecule has 0 fully saturated rings. The van der Waals surface area contributed by atoms with Crippen molar-refractivity contribution in [1.82, 2.24) is 0 Å². The molecule has 0 spiro atoms. The Morgan fingerprint density at radius 1 is 0.905 bits per heavy atom. The zero-order valence-corrected chi connectivity index (χ0v) is 13.3. The molecule has 2 aromatic rings. The first-order valence-electron chi connectivity index (χ1n) is 6.28. The fourth-order valence-corrected chi connectivity index (χ4v) is 2.48. The Kier molecular flexibility index (Phi) is 5.74. The molecular formula is C15H13Cl3N2O. The Labute approximate surface area is 138 Å². The lowest BCUT2D eigenvalue weighted by molar-refractivity contribution is -0.115. The number of halogens is 3. The standard InChI is InChI=1S/C15H13Cl3N2O/c16-10-2-1-3-13(7-10)19-5-4-15(21)20-14-8-11(17)6-12(18)9-14/h1-3,6-9,19H,4-5H2,(H,20,21). The van der Waals surface area contributed by atoms with Crippen LogP contribution in [-0.2, 0) is 4.79 Å². The smallest absolute Gasteiger partial charge is 0.226 e. The van der Waals surface area contributed by atoms with Crippen molar-refractivity contribution in [2.75, 3.05) is 17.2 Å². The van der Waals surface area contributed by atoms with Crippen LogP contribution in [0.1, 0.15) is 6.42 Å². The van der Waals surface area contributed by atoms with Gasteiger partial charge in [0, 0.05) is 39.4 Å². The fourth-order valence-electron chi connectivity index (χ4n) is 1.77. The molecule has 0 unspecified atom stereocenters. The van der Waals surface area contributed by atoms with Crippen molar-refractivity contribution < 1.29 is 4.79 Å². The van der Waals surface area contributed by atoms with E-state index in [2.05, 4.69) is 10.6 Å². The molecule has 2 rings (SSSR count). The lowest BCUT2D eigenvalue weighted by Crippen LogP contribution is -2.16. The molecule has 0 heterocycles. The molecule has 21 heavy (non-hydrogen) atoms. The molecule has 0 aliphatic heterocycles. The second-order valence-corrected chi connectivity index (χ2v) is 5.70. The Hall–Kier alpha value is -1.42. The maximum atomic E-state index is 11.8. The lowest BCUT2D eigenvalue weighted by atomic mass is 10.3. The molecule has 110 valence electrons. The molecule has 2 N–H and O–H groups in total. The van der Waals surface area contributed by atoms with Crippen LogP contribution in [0, 0.1) is 0 Å². The zero-order chi connectivity index (χ0) is 15.2. The summed E-state index contributed by atoms with van der Waals surface area (Å²) in [6.45, 7) is 0.500. The van der Waals surface area contributed by atoms with Gasteiger partial charge in [0.1, 0.15) is 0 Å². The predicted octanol–water partition coefficient (Wildman–Crippen LogP) is 5.09. The van der Waals surface area contributed by atoms with Crippen LogP contribution in [0.5, 0.6) is 0 Å². The van der Waals surface area contributed by atoms with Gasteiger partial charge in [-0.05, 0) is 36.4 Å². The van der Waals surface area contributed by atoms with Gasteiger partial charge in [-0.1, -0.05) is 40.9 Å². The maximum Gasteiger partial charge on any atom is 0.226 e. The number of benzene rings is 2. The molecule has 3 nitrogen and oxygen atoms in total. The molecule has 0 atom stereocenters. The Morgan fingerprint density at radius 2 is 1.57 bits per heavy atom. The van der Waals surface area contributed by atoms with Crippen LogP contribution in [0.3, 0.4) is 0 Å². The first-order valence-corrected chi connectivity index (χ1v) is 7.42. The highest BCUT2D eigenvalue weighted by atomic mass is 35.5. The summed E-state index contributed by atoms with van der Waals surface area (Å²) < 4.78 is 0. The second-order valence-electron chi connectivity index (χ2n) is 4.39. The predicted molar refractivity (Wildman–Crippen MR) is 89.7 cm³/mol. The van der Waals surface area contributed by atoms with E-state index in [9.17, 15) is 4.79 Å². The molecule has 0 bridgehead atoms. The number of carbonyl (C=O) groups excluding carboxylic acids is 1. The van der Waals surface area contributed by atoms with Crippen LogP contribution < -0.4 is 10.6 Å². The van der Waals surface area contributed by atoms with E-state index >= 15 is 0 Å². The molecule has 1 amide bonds. The van der Waals surface area contributed by atoms with Crippen molar-refractivity contribution >= 4 is 52.1 Å². The Bertz CT molecular complexity index is 626. The monoisotopic (exact) mass is 342 g/mol. The van der Waals surface area contributed by atoms with Gasteiger partial charge in [0.05, 0.1) is 0 Å². The zero-order valence-electron chi connectivity index (χ0n) is 11.0. The summed E-state index contributed by atoms with van der Waals surface area (Å²) in [5.41, 5.74) is 1.46. The molecule has 0 aliphatic rings. The van der Waals surface area contributed by atoms with E-state index in [1.165, 1.54) is 0 Å². The van der Waals surface area contributed by atoms with Crippen molar-refractivity contribution in [3.63, 3.8) is 0 Å². The molecule has 2 aromatic carbocycles. The van der Waals surface area contributed by atoms with E-state index in [0.29, 0.717) is 33.7 Å². The largest absolute Gasteiger partial charge is 0.384 e. The maximum absolute atomic E-state index is 11.8. The van der Waals surface area contributed by atoms with E-state index in [1.807, 2.05) is 12.1 Å². The minimum Gasteiger partial charge on any atom is -0.384 e. The van der Waals surface area contributed by atoms with Gasteiger partial charge in [0.2, 0.25) is 5.91 Å². The van der Waals surface area contributed by atoms with Gasteiger partial charge in [-0.15, -0.1) is 0 Å². The minimum atomic E-state index is -0.122. The molecule has 0 aliphatic carbocycles. The highest BCUT2D eigenvalue weighted by molar-refractivity contribution is 6.35. The summed E-state index contributed by atoms with van der Waals surface area (Å²) in [6, 6.07) is 12.2. The number of nitrogens with one attached hydrogen (secondary N) is 2. The summed E-state index contributed by atoms with van der Waals surface area (Å²) in [5.74, 6) is -0.122. The van der Waals surface area contributed by atoms with Gasteiger partial charge in [-0.3, -0.25) is 4.79 Å². The van der Waals surface area contributed by atoms with E-state index in [1.54, 1.807) is 30.3 Å². The van der Waals surface area contributed by atoms with Gasteiger partial charge < -0.3 is 10.6 Å². The van der Waals surface area contributed by atoms with Crippen molar-refractivity contribution in [3.05, 3.63) is 57.5 Å². The SMILES string of the molecule is O=C(CCNc1cccc(Cl)c1)Nc1cc(Cl)cc(Cl)c1. The quantitative estimate of drug-likeness (QED) is 0.794. The van der Waals surface area contributed by atoms with Gasteiger partial charge in [-0.25, -0.2) is 0 Å². The molecule has 0 radical (unpaired) electrons. The van der Waals surface area contributed by atoms with Gasteiger partial charge in [-0.2, -0.15) is 0 Å². The van der Waals surface area contributed by atoms with Crippen LogP contribution in [0.2, 0.25) is 15.1 Å². The van der Waals surface area contributed by atoms with Gasteiger partial charge in [0.25, 0.3) is 0 Å². The highest BCUT2D eigenvalue weighted by Gasteiger charge is 2.04. The first kappa shape index (κ1) is 16.0. The van der Waals surface area contributed by atoms with E-state index in [4.69, 9.17) is 34.8 Å². The average molecular weight is 344 g/mol. The van der Waals surface area contributed by atoms with E-state index in [-0.39, 0.29) is 5.91 Å². The average Bonchev–Trinajstić information content (AvgIpc) is 2.37.